The largest absolute Gasteiger partial charge is 0.481 e. The van der Waals surface area contributed by atoms with Crippen molar-refractivity contribution in [2.45, 2.75) is 20.3 Å². The number of carboxylic acids is 3. The predicted octanol–water partition coefficient (Wildman–Crippen LogP) is 4.69. The first kappa shape index (κ1) is 25.2. The summed E-state index contributed by atoms with van der Waals surface area (Å²) < 4.78 is 7.37. The number of rotatable bonds is 10. The smallest absolute Gasteiger partial charge is 0.338 e. The maximum Gasteiger partial charge on any atom is 0.338 e. The first-order valence-corrected chi connectivity index (χ1v) is 11.6. The van der Waals surface area contributed by atoms with Gasteiger partial charge in [0.2, 0.25) is 5.88 Å². The minimum absolute atomic E-state index is 0.00151. The molecule has 0 saturated heterocycles. The van der Waals surface area contributed by atoms with Crippen molar-refractivity contribution in [1.82, 2.24) is 9.55 Å². The van der Waals surface area contributed by atoms with Gasteiger partial charge in [0.25, 0.3) is 0 Å². The third kappa shape index (κ3) is 5.08. The average Bonchev–Trinajstić information content (AvgIpc) is 3.18. The van der Waals surface area contributed by atoms with E-state index in [1.807, 2.05) is 24.3 Å². The topological polar surface area (TPSA) is 142 Å². The number of carboxylic acid groups (broad SMARTS) is 3. The Morgan fingerprint density at radius 1 is 0.919 bits per heavy atom. The van der Waals surface area contributed by atoms with Crippen LogP contribution in [0.5, 0.6) is 11.6 Å². The number of carbonyl (C=O) groups is 3. The second-order valence-corrected chi connectivity index (χ2v) is 8.19. The van der Waals surface area contributed by atoms with Crippen LogP contribution in [0.4, 0.5) is 5.69 Å². The number of aliphatic carboxylic acids is 1. The summed E-state index contributed by atoms with van der Waals surface area (Å²) in [7, 11) is 0. The Morgan fingerprint density at radius 2 is 1.62 bits per heavy atom. The predicted molar refractivity (Wildman–Crippen MR) is 136 cm³/mol. The fourth-order valence-electron chi connectivity index (χ4n) is 4.32. The van der Waals surface area contributed by atoms with Crippen molar-refractivity contribution in [2.75, 3.05) is 18.0 Å². The monoisotopic (exact) mass is 503 g/mol. The molecular formula is C27H25N3O7. The summed E-state index contributed by atoms with van der Waals surface area (Å²) in [5, 5.41) is 29.0. The quantitative estimate of drug-likeness (QED) is 0.281. The number of aromatic carboxylic acids is 2. The lowest BCUT2D eigenvalue weighted by atomic mass is 10.1. The molecule has 0 fully saturated rings. The van der Waals surface area contributed by atoms with E-state index in [2.05, 4.69) is 23.7 Å². The molecule has 0 bridgehead atoms. The highest BCUT2D eigenvalue weighted by Gasteiger charge is 2.25. The Balaban J connectivity index is 1.84. The van der Waals surface area contributed by atoms with E-state index in [0.717, 1.165) is 25.0 Å². The first-order valence-electron chi connectivity index (χ1n) is 11.6. The molecule has 4 aromatic rings. The van der Waals surface area contributed by atoms with E-state index in [0.29, 0.717) is 16.6 Å². The van der Waals surface area contributed by atoms with Crippen LogP contribution < -0.4 is 9.64 Å². The molecule has 2 aromatic heterocycles. The van der Waals surface area contributed by atoms with E-state index in [9.17, 15) is 24.6 Å². The lowest BCUT2D eigenvalue weighted by Gasteiger charge is -2.21. The van der Waals surface area contributed by atoms with Crippen LogP contribution in [0.15, 0.2) is 60.8 Å². The van der Waals surface area contributed by atoms with Crippen LogP contribution in [-0.4, -0.2) is 55.9 Å². The first-order chi connectivity index (χ1) is 17.7. The molecular weight excluding hydrogens is 478 g/mol. The zero-order valence-corrected chi connectivity index (χ0v) is 20.2. The molecule has 0 saturated carbocycles. The summed E-state index contributed by atoms with van der Waals surface area (Å²) in [5.41, 5.74) is 2.13. The Bertz CT molecular complexity index is 1470. The maximum atomic E-state index is 12.3. The van der Waals surface area contributed by atoms with Gasteiger partial charge in [0.15, 0.2) is 0 Å². The normalized spacial score (nSPS) is 10.9. The number of pyridine rings is 1. The van der Waals surface area contributed by atoms with Crippen LogP contribution in [0.2, 0.25) is 0 Å². The third-order valence-corrected chi connectivity index (χ3v) is 6.01. The number of fused-ring (bicyclic) bond motifs is 1. The Hall–Kier alpha value is -4.86. The van der Waals surface area contributed by atoms with Crippen LogP contribution in [0.1, 0.15) is 40.3 Å². The molecule has 10 nitrogen and oxygen atoms in total. The van der Waals surface area contributed by atoms with Gasteiger partial charge >= 0.3 is 17.9 Å². The van der Waals surface area contributed by atoms with Gasteiger partial charge in [-0.3, -0.25) is 4.79 Å². The van der Waals surface area contributed by atoms with Crippen LogP contribution in [-0.2, 0) is 11.2 Å². The van der Waals surface area contributed by atoms with Crippen molar-refractivity contribution < 1.29 is 34.4 Å². The molecule has 0 unspecified atom stereocenters. The maximum absolute atomic E-state index is 12.3. The SMILES string of the molecule is CCN(CC)c1ccc(-n2c(CC(=O)O)c(C(=O)O)c3cc(Oc4ccc(C(=O)O)cn4)ccc32)cc1. The molecule has 37 heavy (non-hydrogen) atoms. The number of hydrogen-bond donors (Lipinski definition) is 3. The zero-order chi connectivity index (χ0) is 26.7. The molecule has 0 aliphatic heterocycles. The highest BCUT2D eigenvalue weighted by Crippen LogP contribution is 2.34. The van der Waals surface area contributed by atoms with Crippen molar-refractivity contribution in [3.05, 3.63) is 77.6 Å². The molecule has 0 spiro atoms. The minimum Gasteiger partial charge on any atom is -0.481 e. The summed E-state index contributed by atoms with van der Waals surface area (Å²) >= 11 is 0. The van der Waals surface area contributed by atoms with E-state index in [1.54, 1.807) is 16.7 Å². The van der Waals surface area contributed by atoms with Gasteiger partial charge in [-0.1, -0.05) is 0 Å². The van der Waals surface area contributed by atoms with E-state index in [4.69, 9.17) is 9.84 Å². The molecule has 0 aliphatic carbocycles. The molecule has 3 N–H and O–H groups in total. The number of nitrogens with zero attached hydrogens (tertiary/aromatic N) is 3. The molecule has 0 aliphatic rings. The second kappa shape index (κ2) is 10.4. The number of ether oxygens (including phenoxy) is 1. The van der Waals surface area contributed by atoms with Crippen molar-refractivity contribution in [1.29, 1.82) is 0 Å². The molecule has 0 atom stereocenters. The number of hydrogen-bond acceptors (Lipinski definition) is 6. The molecule has 0 amide bonds. The summed E-state index contributed by atoms with van der Waals surface area (Å²) in [6, 6.07) is 15.0. The number of anilines is 1. The fourth-order valence-corrected chi connectivity index (χ4v) is 4.32. The van der Waals surface area contributed by atoms with Gasteiger partial charge in [-0.2, -0.15) is 0 Å². The molecule has 2 aromatic carbocycles. The lowest BCUT2D eigenvalue weighted by Crippen LogP contribution is -2.21. The van der Waals surface area contributed by atoms with Gasteiger partial charge < -0.3 is 29.5 Å². The minimum atomic E-state index is -1.26. The van der Waals surface area contributed by atoms with E-state index in [-0.39, 0.29) is 28.5 Å². The Labute approximate surface area is 212 Å². The van der Waals surface area contributed by atoms with E-state index in [1.165, 1.54) is 18.2 Å². The molecule has 10 heteroatoms. The van der Waals surface area contributed by atoms with Crippen LogP contribution in [0.3, 0.4) is 0 Å². The van der Waals surface area contributed by atoms with Crippen molar-refractivity contribution >= 4 is 34.5 Å². The molecule has 4 rings (SSSR count). The van der Waals surface area contributed by atoms with Gasteiger partial charge in [-0.25, -0.2) is 14.6 Å². The Kier molecular flexibility index (Phi) is 7.10. The second-order valence-electron chi connectivity index (χ2n) is 8.19. The van der Waals surface area contributed by atoms with Gasteiger partial charge in [0.05, 0.1) is 23.1 Å². The van der Waals surface area contributed by atoms with E-state index < -0.39 is 24.3 Å². The van der Waals surface area contributed by atoms with Crippen molar-refractivity contribution in [3.8, 4) is 17.3 Å². The summed E-state index contributed by atoms with van der Waals surface area (Å²) in [6.45, 7) is 5.76. The van der Waals surface area contributed by atoms with Gasteiger partial charge in [-0.15, -0.1) is 0 Å². The lowest BCUT2D eigenvalue weighted by molar-refractivity contribution is -0.136. The standard InChI is InChI=1S/C27H25N3O7/c1-3-29(4-2)17-6-8-18(9-7-17)30-21-11-10-19(37-23-12-5-16(15-28-23)26(33)34)13-20(21)25(27(35)36)22(30)14-24(31)32/h5-13,15H,3-4,14H2,1-2H3,(H,31,32)(H,33,34)(H,35,36). The van der Waals surface area contributed by atoms with Gasteiger partial charge in [0.1, 0.15) is 5.75 Å². The Morgan fingerprint density at radius 3 is 2.16 bits per heavy atom. The average molecular weight is 504 g/mol. The van der Waals surface area contributed by atoms with Crippen molar-refractivity contribution in [2.24, 2.45) is 0 Å². The zero-order valence-electron chi connectivity index (χ0n) is 20.2. The summed E-state index contributed by atoms with van der Waals surface area (Å²) in [5.74, 6) is -3.16. The highest BCUT2D eigenvalue weighted by atomic mass is 16.5. The fraction of sp³-hybridized carbons (Fsp3) is 0.185. The van der Waals surface area contributed by atoms with Crippen LogP contribution in [0, 0.1) is 0 Å². The summed E-state index contributed by atoms with van der Waals surface area (Å²) in [4.78, 5) is 41.2. The van der Waals surface area contributed by atoms with Gasteiger partial charge in [0, 0.05) is 47.8 Å². The summed E-state index contributed by atoms with van der Waals surface area (Å²) in [6.07, 6.45) is 0.657. The highest BCUT2D eigenvalue weighted by molar-refractivity contribution is 6.07. The van der Waals surface area contributed by atoms with E-state index >= 15 is 0 Å². The van der Waals surface area contributed by atoms with Crippen LogP contribution in [0.25, 0.3) is 16.6 Å². The third-order valence-electron chi connectivity index (χ3n) is 6.01. The van der Waals surface area contributed by atoms with Gasteiger partial charge in [-0.05, 0) is 62.4 Å². The van der Waals surface area contributed by atoms with Crippen LogP contribution >= 0.6 is 0 Å². The molecule has 190 valence electrons. The number of aromatic nitrogens is 2. The molecule has 0 radical (unpaired) electrons. The number of benzene rings is 2. The molecule has 2 heterocycles. The van der Waals surface area contributed by atoms with Crippen molar-refractivity contribution in [3.63, 3.8) is 0 Å².